The van der Waals surface area contributed by atoms with E-state index in [1.807, 2.05) is 53.1 Å². The molecule has 1 aromatic heterocycles. The Morgan fingerprint density at radius 1 is 0.942 bits per heavy atom. The van der Waals surface area contributed by atoms with Gasteiger partial charge in [0.05, 0.1) is 29.8 Å². The highest BCUT2D eigenvalue weighted by Gasteiger charge is 2.48. The number of carbonyl (C=O) groups is 2. The van der Waals surface area contributed by atoms with Gasteiger partial charge in [0.25, 0.3) is 0 Å². The summed E-state index contributed by atoms with van der Waals surface area (Å²) >= 11 is 0. The van der Waals surface area contributed by atoms with Crippen molar-refractivity contribution in [2.24, 2.45) is 5.92 Å². The summed E-state index contributed by atoms with van der Waals surface area (Å²) in [4.78, 5) is 43.9. The number of rotatable bonds is 8. The van der Waals surface area contributed by atoms with Gasteiger partial charge in [0.2, 0.25) is 5.91 Å². The van der Waals surface area contributed by atoms with Crippen LogP contribution in [0.25, 0.3) is 11.0 Å². The van der Waals surface area contributed by atoms with Gasteiger partial charge in [0.15, 0.2) is 6.29 Å². The number of carbonyl (C=O) groups excluding carboxylic acids is 2. The zero-order valence-corrected chi connectivity index (χ0v) is 28.7. The van der Waals surface area contributed by atoms with E-state index in [9.17, 15) is 32.7 Å². The maximum Gasteiger partial charge on any atom is 0.471 e. The Kier molecular flexibility index (Phi) is 10.3. The fourth-order valence-corrected chi connectivity index (χ4v) is 7.81. The van der Waals surface area contributed by atoms with Crippen LogP contribution in [-0.2, 0) is 25.7 Å². The van der Waals surface area contributed by atoms with Crippen molar-refractivity contribution in [3.05, 3.63) is 100.0 Å². The quantitative estimate of drug-likeness (QED) is 0.221. The number of aromatic nitrogens is 2. The van der Waals surface area contributed by atoms with Crippen molar-refractivity contribution < 1.29 is 37.3 Å². The number of benzene rings is 3. The molecule has 2 amide bonds. The van der Waals surface area contributed by atoms with Gasteiger partial charge in [-0.25, -0.2) is 4.79 Å². The molecule has 0 radical (unpaired) electrons. The van der Waals surface area contributed by atoms with E-state index in [4.69, 9.17) is 9.47 Å². The number of para-hydroxylation sites is 2. The summed E-state index contributed by atoms with van der Waals surface area (Å²) in [6, 6.07) is 20.9. The first-order valence-electron chi connectivity index (χ1n) is 17.7. The summed E-state index contributed by atoms with van der Waals surface area (Å²) in [6.45, 7) is 4.00. The van der Waals surface area contributed by atoms with E-state index in [-0.39, 0.29) is 49.4 Å². The molecule has 3 fully saturated rings. The van der Waals surface area contributed by atoms with Crippen LogP contribution in [0.3, 0.4) is 0 Å². The van der Waals surface area contributed by atoms with E-state index in [0.717, 1.165) is 48.1 Å². The smallest absolute Gasteiger partial charge is 0.392 e. The molecule has 0 bridgehead atoms. The number of ether oxygens (including phenoxy) is 2. The van der Waals surface area contributed by atoms with Gasteiger partial charge in [-0.05, 0) is 61.1 Å². The van der Waals surface area contributed by atoms with Gasteiger partial charge in [-0.2, -0.15) is 13.2 Å². The van der Waals surface area contributed by atoms with Crippen molar-refractivity contribution >= 4 is 28.5 Å². The third kappa shape index (κ3) is 7.38. The Balaban J connectivity index is 1.08. The third-order valence-electron chi connectivity index (χ3n) is 10.6. The van der Waals surface area contributed by atoms with Crippen LogP contribution < -0.4 is 11.0 Å². The number of piperidine rings is 1. The molecule has 3 aliphatic heterocycles. The number of anilines is 1. The Bertz CT molecular complexity index is 1950. The number of nitrogens with zero attached hydrogens (tertiary/aromatic N) is 3. The number of alkyl halides is 3. The second-order valence-electron chi connectivity index (χ2n) is 13.9. The number of imidazole rings is 1. The highest BCUT2D eigenvalue weighted by molar-refractivity contribution is 5.98. The van der Waals surface area contributed by atoms with E-state index in [1.165, 1.54) is 0 Å². The van der Waals surface area contributed by atoms with Crippen molar-refractivity contribution in [1.29, 1.82) is 0 Å². The maximum absolute atomic E-state index is 13.2. The SMILES string of the molecule is CC1C(CN2CCC(n3c(=O)[nH]c4ccccc43)CC2)OC(c2cccc(NC(=O)C3CCCN3C(=O)C(F)(F)F)c2)OC1c1ccc(CO)cc1. The second-order valence-corrected chi connectivity index (χ2v) is 13.9. The molecule has 0 spiro atoms. The largest absolute Gasteiger partial charge is 0.471 e. The minimum absolute atomic E-state index is 0.0688. The van der Waals surface area contributed by atoms with Gasteiger partial charge < -0.3 is 34.7 Å². The van der Waals surface area contributed by atoms with Gasteiger partial charge in [0.1, 0.15) is 6.04 Å². The third-order valence-corrected chi connectivity index (χ3v) is 10.6. The molecule has 5 unspecified atom stereocenters. The summed E-state index contributed by atoms with van der Waals surface area (Å²) in [5, 5.41) is 12.3. The Hall–Kier alpha value is -4.50. The number of likely N-dealkylation sites (tertiary alicyclic amines) is 2. The number of aromatic amines is 1. The van der Waals surface area contributed by atoms with E-state index < -0.39 is 30.3 Å². The lowest BCUT2D eigenvalue weighted by Gasteiger charge is -2.44. The van der Waals surface area contributed by atoms with Crippen LogP contribution in [0, 0.1) is 5.92 Å². The minimum Gasteiger partial charge on any atom is -0.392 e. The van der Waals surface area contributed by atoms with Crippen molar-refractivity contribution in [1.82, 2.24) is 19.4 Å². The molecule has 0 saturated carbocycles. The molecule has 3 saturated heterocycles. The van der Waals surface area contributed by atoms with Crippen molar-refractivity contribution in [2.45, 2.75) is 76.0 Å². The van der Waals surface area contributed by atoms with Crippen molar-refractivity contribution in [2.75, 3.05) is 31.5 Å². The van der Waals surface area contributed by atoms with Gasteiger partial charge in [-0.15, -0.1) is 0 Å². The Labute approximate surface area is 298 Å². The number of H-pyrrole nitrogens is 1. The predicted molar refractivity (Wildman–Crippen MR) is 186 cm³/mol. The summed E-state index contributed by atoms with van der Waals surface area (Å²) in [6.07, 6.45) is -4.53. The number of aliphatic hydroxyl groups excluding tert-OH is 1. The zero-order chi connectivity index (χ0) is 36.6. The first kappa shape index (κ1) is 35.9. The van der Waals surface area contributed by atoms with Crippen molar-refractivity contribution in [3.63, 3.8) is 0 Å². The number of halogens is 3. The van der Waals surface area contributed by atoms with E-state index in [0.29, 0.717) is 29.1 Å². The van der Waals surface area contributed by atoms with Gasteiger partial charge in [0, 0.05) is 49.4 Å². The number of nitrogens with one attached hydrogen (secondary N) is 2. The minimum atomic E-state index is -5.06. The molecular formula is C38H42F3N5O6. The molecule has 11 nitrogen and oxygen atoms in total. The van der Waals surface area contributed by atoms with Gasteiger partial charge >= 0.3 is 17.8 Å². The molecule has 3 aromatic carbocycles. The lowest BCUT2D eigenvalue weighted by molar-refractivity contribution is -0.276. The number of hydrogen-bond donors (Lipinski definition) is 3. The van der Waals surface area contributed by atoms with E-state index in [1.54, 1.807) is 24.3 Å². The predicted octanol–water partition coefficient (Wildman–Crippen LogP) is 5.44. The van der Waals surface area contributed by atoms with Gasteiger partial charge in [-0.3, -0.25) is 14.2 Å². The number of hydrogen-bond acceptors (Lipinski definition) is 7. The van der Waals surface area contributed by atoms with Crippen LogP contribution in [0.2, 0.25) is 0 Å². The molecule has 3 N–H and O–H groups in total. The standard InChI is InChI=1S/C38H42F3N5O6/c1-23-32(21-44-18-15-28(16-19-44)46-30-9-3-2-8-29(30)43-37(46)50)51-35(52-33(23)25-13-11-24(22-47)12-14-25)26-6-4-7-27(20-26)42-34(48)31-10-5-17-45(31)36(49)38(39,40)41/h2-4,6-9,11-14,20,23,28,31-33,35,47H,5,10,15-19,21-22H2,1H3,(H,42,48)(H,43,50). The fourth-order valence-electron chi connectivity index (χ4n) is 7.81. The zero-order valence-electron chi connectivity index (χ0n) is 28.7. The molecular weight excluding hydrogens is 679 g/mol. The van der Waals surface area contributed by atoms with Crippen LogP contribution in [0.5, 0.6) is 0 Å². The molecule has 4 aromatic rings. The molecule has 276 valence electrons. The molecule has 0 aliphatic carbocycles. The lowest BCUT2D eigenvalue weighted by Crippen LogP contribution is -2.48. The van der Waals surface area contributed by atoms with E-state index >= 15 is 0 Å². The first-order chi connectivity index (χ1) is 25.0. The summed E-state index contributed by atoms with van der Waals surface area (Å²) in [7, 11) is 0. The molecule has 5 atom stereocenters. The molecule has 3 aliphatic rings. The van der Waals surface area contributed by atoms with Gasteiger partial charge in [-0.1, -0.05) is 55.5 Å². The normalized spacial score (nSPS) is 24.7. The summed E-state index contributed by atoms with van der Waals surface area (Å²) in [5.74, 6) is -2.78. The van der Waals surface area contributed by atoms with Crippen LogP contribution in [0.4, 0.5) is 18.9 Å². The number of fused-ring (bicyclic) bond motifs is 1. The van der Waals surface area contributed by atoms with Crippen molar-refractivity contribution in [3.8, 4) is 0 Å². The Morgan fingerprint density at radius 2 is 1.69 bits per heavy atom. The number of aliphatic hydroxyl groups is 1. The van der Waals surface area contributed by atoms with Crippen LogP contribution in [0.15, 0.2) is 77.6 Å². The van der Waals surface area contributed by atoms with E-state index in [2.05, 4.69) is 22.1 Å². The highest BCUT2D eigenvalue weighted by atomic mass is 19.4. The first-order valence-corrected chi connectivity index (χ1v) is 17.7. The monoisotopic (exact) mass is 721 g/mol. The fraction of sp³-hybridized carbons (Fsp3) is 0.447. The number of amides is 2. The Morgan fingerprint density at radius 3 is 2.42 bits per heavy atom. The molecule has 52 heavy (non-hydrogen) atoms. The topological polar surface area (TPSA) is 129 Å². The summed E-state index contributed by atoms with van der Waals surface area (Å²) < 4.78 is 54.7. The van der Waals surface area contributed by atoms with Crippen LogP contribution >= 0.6 is 0 Å². The molecule has 14 heteroatoms. The lowest BCUT2D eigenvalue weighted by atomic mass is 9.89. The maximum atomic E-state index is 13.2. The average Bonchev–Trinajstić information content (AvgIpc) is 3.77. The van der Waals surface area contributed by atoms with Crippen LogP contribution in [0.1, 0.15) is 67.7 Å². The van der Waals surface area contributed by atoms with Crippen LogP contribution in [-0.4, -0.2) is 80.8 Å². The molecule has 4 heterocycles. The highest BCUT2D eigenvalue weighted by Crippen LogP contribution is 2.42. The second kappa shape index (κ2) is 14.9. The summed E-state index contributed by atoms with van der Waals surface area (Å²) in [5.41, 5.74) is 4.26. The molecule has 7 rings (SSSR count). The average molecular weight is 722 g/mol.